The Morgan fingerprint density at radius 2 is 1.73 bits per heavy atom. The molecule has 2 aliphatic rings. The maximum absolute atomic E-state index is 11.2. The molecule has 0 bridgehead atoms. The van der Waals surface area contributed by atoms with Crippen molar-refractivity contribution in [2.75, 3.05) is 13.1 Å². The molecule has 2 fully saturated rings. The Labute approximate surface area is 93.0 Å². The Morgan fingerprint density at radius 1 is 1.13 bits per heavy atom. The first-order valence-corrected chi connectivity index (χ1v) is 6.55. The number of ketones is 1. The normalized spacial score (nSPS) is 27.1. The Balaban J connectivity index is 1.78. The van der Waals surface area contributed by atoms with E-state index in [0.717, 1.165) is 37.6 Å². The van der Waals surface area contributed by atoms with Crippen LogP contribution in [-0.4, -0.2) is 29.8 Å². The van der Waals surface area contributed by atoms with E-state index < -0.39 is 0 Å². The molecule has 0 unspecified atom stereocenters. The van der Waals surface area contributed by atoms with Crippen molar-refractivity contribution < 1.29 is 4.79 Å². The Morgan fingerprint density at radius 3 is 2.27 bits per heavy atom. The van der Waals surface area contributed by atoms with E-state index in [1.807, 2.05) is 0 Å². The van der Waals surface area contributed by atoms with Gasteiger partial charge in [-0.1, -0.05) is 13.3 Å². The zero-order valence-corrected chi connectivity index (χ0v) is 9.87. The standard InChI is InChI=1S/C13H23NO/c1-2-11-7-9-14(10-8-11)12-3-5-13(15)6-4-12/h11-12H,2-10H2,1H3. The van der Waals surface area contributed by atoms with Crippen LogP contribution in [0.1, 0.15) is 51.9 Å². The second-order valence-corrected chi connectivity index (χ2v) is 5.16. The average Bonchev–Trinajstić information content (AvgIpc) is 2.30. The molecule has 1 aliphatic carbocycles. The topological polar surface area (TPSA) is 20.3 Å². The Hall–Kier alpha value is -0.370. The molecular weight excluding hydrogens is 186 g/mol. The van der Waals surface area contributed by atoms with Gasteiger partial charge >= 0.3 is 0 Å². The fourth-order valence-electron chi connectivity index (χ4n) is 3.02. The maximum atomic E-state index is 11.2. The maximum Gasteiger partial charge on any atom is 0.133 e. The number of Topliss-reactive ketones (excluding diaryl/α,β-unsaturated/α-hetero) is 1. The Bertz CT molecular complexity index is 209. The van der Waals surface area contributed by atoms with Crippen molar-refractivity contribution in [3.63, 3.8) is 0 Å². The van der Waals surface area contributed by atoms with E-state index in [9.17, 15) is 4.79 Å². The molecule has 1 saturated heterocycles. The number of nitrogens with zero attached hydrogens (tertiary/aromatic N) is 1. The average molecular weight is 209 g/mol. The van der Waals surface area contributed by atoms with Crippen molar-refractivity contribution in [3.05, 3.63) is 0 Å². The highest BCUT2D eigenvalue weighted by atomic mass is 16.1. The van der Waals surface area contributed by atoms with Crippen LogP contribution in [0.4, 0.5) is 0 Å². The van der Waals surface area contributed by atoms with Crippen LogP contribution in [-0.2, 0) is 4.79 Å². The number of carbonyl (C=O) groups excluding carboxylic acids is 1. The summed E-state index contributed by atoms with van der Waals surface area (Å²) in [5, 5.41) is 0. The van der Waals surface area contributed by atoms with E-state index in [2.05, 4.69) is 11.8 Å². The smallest absolute Gasteiger partial charge is 0.133 e. The molecule has 86 valence electrons. The molecule has 1 aliphatic heterocycles. The minimum Gasteiger partial charge on any atom is -0.300 e. The second-order valence-electron chi connectivity index (χ2n) is 5.16. The predicted octanol–water partition coefficient (Wildman–Crippen LogP) is 2.62. The molecule has 2 nitrogen and oxygen atoms in total. The minimum atomic E-state index is 0.481. The molecule has 0 aromatic heterocycles. The summed E-state index contributed by atoms with van der Waals surface area (Å²) in [6.07, 6.45) is 8.00. The van der Waals surface area contributed by atoms with Gasteiger partial charge in [0.05, 0.1) is 0 Å². The molecule has 0 radical (unpaired) electrons. The lowest BCUT2D eigenvalue weighted by Crippen LogP contribution is -2.43. The summed E-state index contributed by atoms with van der Waals surface area (Å²) >= 11 is 0. The summed E-state index contributed by atoms with van der Waals surface area (Å²) in [4.78, 5) is 13.8. The molecule has 1 heterocycles. The van der Waals surface area contributed by atoms with Crippen LogP contribution in [0.5, 0.6) is 0 Å². The third kappa shape index (κ3) is 2.81. The fourth-order valence-corrected chi connectivity index (χ4v) is 3.02. The van der Waals surface area contributed by atoms with Gasteiger partial charge in [-0.2, -0.15) is 0 Å². The number of rotatable bonds is 2. The van der Waals surface area contributed by atoms with Crippen LogP contribution in [0, 0.1) is 5.92 Å². The van der Waals surface area contributed by atoms with Gasteiger partial charge in [-0.05, 0) is 44.7 Å². The summed E-state index contributed by atoms with van der Waals surface area (Å²) in [5.41, 5.74) is 0. The quantitative estimate of drug-likeness (QED) is 0.697. The van der Waals surface area contributed by atoms with Gasteiger partial charge in [0.15, 0.2) is 0 Å². The monoisotopic (exact) mass is 209 g/mol. The van der Waals surface area contributed by atoms with Gasteiger partial charge in [0.25, 0.3) is 0 Å². The number of likely N-dealkylation sites (tertiary alicyclic amines) is 1. The van der Waals surface area contributed by atoms with Gasteiger partial charge < -0.3 is 4.90 Å². The third-order valence-electron chi connectivity index (χ3n) is 4.26. The number of carbonyl (C=O) groups is 1. The third-order valence-corrected chi connectivity index (χ3v) is 4.26. The van der Waals surface area contributed by atoms with Gasteiger partial charge in [0, 0.05) is 18.9 Å². The highest BCUT2D eigenvalue weighted by Crippen LogP contribution is 2.26. The van der Waals surface area contributed by atoms with E-state index in [4.69, 9.17) is 0 Å². The molecule has 0 spiro atoms. The predicted molar refractivity (Wildman–Crippen MR) is 61.9 cm³/mol. The molecule has 2 heteroatoms. The molecule has 2 rings (SSSR count). The zero-order valence-electron chi connectivity index (χ0n) is 9.87. The highest BCUT2D eigenvalue weighted by Gasteiger charge is 2.27. The first-order chi connectivity index (χ1) is 7.29. The van der Waals surface area contributed by atoms with Gasteiger partial charge in [-0.15, -0.1) is 0 Å². The molecule has 0 atom stereocenters. The minimum absolute atomic E-state index is 0.481. The van der Waals surface area contributed by atoms with Crippen molar-refractivity contribution in [1.29, 1.82) is 0 Å². The number of hydrogen-bond donors (Lipinski definition) is 0. The van der Waals surface area contributed by atoms with Crippen molar-refractivity contribution >= 4 is 5.78 Å². The van der Waals surface area contributed by atoms with Crippen LogP contribution in [0.15, 0.2) is 0 Å². The van der Waals surface area contributed by atoms with E-state index in [0.29, 0.717) is 5.78 Å². The SMILES string of the molecule is CCC1CCN(C2CCC(=O)CC2)CC1. The zero-order chi connectivity index (χ0) is 10.7. The molecule has 0 aromatic rings. The van der Waals surface area contributed by atoms with E-state index >= 15 is 0 Å². The Kier molecular flexibility index (Phi) is 3.79. The van der Waals surface area contributed by atoms with Crippen LogP contribution >= 0.6 is 0 Å². The summed E-state index contributed by atoms with van der Waals surface area (Å²) < 4.78 is 0. The van der Waals surface area contributed by atoms with Crippen LogP contribution < -0.4 is 0 Å². The van der Waals surface area contributed by atoms with Crippen LogP contribution in [0.2, 0.25) is 0 Å². The van der Waals surface area contributed by atoms with Gasteiger partial charge in [-0.25, -0.2) is 0 Å². The number of hydrogen-bond acceptors (Lipinski definition) is 2. The lowest BCUT2D eigenvalue weighted by atomic mass is 9.89. The van der Waals surface area contributed by atoms with Crippen molar-refractivity contribution in [2.24, 2.45) is 5.92 Å². The summed E-state index contributed by atoms with van der Waals surface area (Å²) in [7, 11) is 0. The van der Waals surface area contributed by atoms with Crippen LogP contribution in [0.25, 0.3) is 0 Å². The van der Waals surface area contributed by atoms with Gasteiger partial charge in [-0.3, -0.25) is 4.79 Å². The van der Waals surface area contributed by atoms with E-state index in [1.165, 1.54) is 32.4 Å². The van der Waals surface area contributed by atoms with E-state index in [-0.39, 0.29) is 0 Å². The van der Waals surface area contributed by atoms with Gasteiger partial charge in [0.1, 0.15) is 5.78 Å². The van der Waals surface area contributed by atoms with Crippen molar-refractivity contribution in [1.82, 2.24) is 4.90 Å². The van der Waals surface area contributed by atoms with Gasteiger partial charge in [0.2, 0.25) is 0 Å². The molecule has 1 saturated carbocycles. The molecular formula is C13H23NO. The van der Waals surface area contributed by atoms with Crippen molar-refractivity contribution in [2.45, 2.75) is 57.9 Å². The fraction of sp³-hybridized carbons (Fsp3) is 0.923. The first kappa shape index (κ1) is 11.1. The lowest BCUT2D eigenvalue weighted by molar-refractivity contribution is -0.121. The summed E-state index contributed by atoms with van der Waals surface area (Å²) in [5.74, 6) is 1.45. The molecule has 0 N–H and O–H groups in total. The molecule has 0 amide bonds. The van der Waals surface area contributed by atoms with Crippen LogP contribution in [0.3, 0.4) is 0 Å². The summed E-state index contributed by atoms with van der Waals surface area (Å²) in [6, 6.07) is 0.723. The second kappa shape index (κ2) is 5.11. The lowest BCUT2D eigenvalue weighted by Gasteiger charge is -2.38. The molecule has 15 heavy (non-hydrogen) atoms. The number of piperidine rings is 1. The van der Waals surface area contributed by atoms with Crippen molar-refractivity contribution in [3.8, 4) is 0 Å². The first-order valence-electron chi connectivity index (χ1n) is 6.55. The molecule has 0 aromatic carbocycles. The van der Waals surface area contributed by atoms with E-state index in [1.54, 1.807) is 0 Å². The summed E-state index contributed by atoms with van der Waals surface area (Å²) in [6.45, 7) is 4.86. The largest absolute Gasteiger partial charge is 0.300 e. The highest BCUT2D eigenvalue weighted by molar-refractivity contribution is 5.79.